The lowest BCUT2D eigenvalue weighted by molar-refractivity contribution is -0.163. The van der Waals surface area contributed by atoms with Gasteiger partial charge in [0.05, 0.1) is 17.6 Å². The summed E-state index contributed by atoms with van der Waals surface area (Å²) in [6.45, 7) is 0. The van der Waals surface area contributed by atoms with Crippen LogP contribution in [0.25, 0.3) is 0 Å². The molecule has 1 saturated carbocycles. The van der Waals surface area contributed by atoms with E-state index in [0.717, 1.165) is 19.3 Å². The Labute approximate surface area is 88.8 Å². The first-order valence-corrected chi connectivity index (χ1v) is 5.76. The number of rotatable bonds is 2. The molecule has 1 aliphatic carbocycles. The maximum absolute atomic E-state index is 11.4. The average Bonchev–Trinajstić information content (AvgIpc) is 2.72. The van der Waals surface area contributed by atoms with Crippen molar-refractivity contribution in [3.63, 3.8) is 0 Å². The molecular formula is C11H17NO3. The van der Waals surface area contributed by atoms with E-state index in [0.29, 0.717) is 18.9 Å². The fourth-order valence-electron chi connectivity index (χ4n) is 3.73. The molecule has 3 fully saturated rings. The van der Waals surface area contributed by atoms with E-state index >= 15 is 0 Å². The van der Waals surface area contributed by atoms with Gasteiger partial charge in [-0.1, -0.05) is 0 Å². The summed E-state index contributed by atoms with van der Waals surface area (Å²) in [5.74, 6) is -0.445. The number of nitrogens with two attached hydrogens (primary N) is 1. The highest BCUT2D eigenvalue weighted by molar-refractivity contribution is 5.77. The summed E-state index contributed by atoms with van der Waals surface area (Å²) >= 11 is 0. The minimum Gasteiger partial charge on any atom is -0.481 e. The van der Waals surface area contributed by atoms with Gasteiger partial charge in [-0.15, -0.1) is 0 Å². The largest absolute Gasteiger partial charge is 0.481 e. The van der Waals surface area contributed by atoms with Crippen molar-refractivity contribution in [3.8, 4) is 0 Å². The number of hydrogen-bond donors (Lipinski definition) is 2. The molecule has 0 aromatic heterocycles. The van der Waals surface area contributed by atoms with Gasteiger partial charge in [0.25, 0.3) is 0 Å². The lowest BCUT2D eigenvalue weighted by Gasteiger charge is -2.48. The van der Waals surface area contributed by atoms with Crippen LogP contribution in [0.1, 0.15) is 32.1 Å². The number of carboxylic acids is 1. The van der Waals surface area contributed by atoms with Crippen LogP contribution in [0.2, 0.25) is 0 Å². The van der Waals surface area contributed by atoms with Gasteiger partial charge < -0.3 is 15.6 Å². The van der Waals surface area contributed by atoms with Crippen LogP contribution in [0.4, 0.5) is 0 Å². The molecule has 0 spiro atoms. The van der Waals surface area contributed by atoms with Gasteiger partial charge >= 0.3 is 5.97 Å². The molecule has 2 saturated heterocycles. The molecule has 4 nitrogen and oxygen atoms in total. The van der Waals surface area contributed by atoms with Crippen LogP contribution in [0.5, 0.6) is 0 Å². The Morgan fingerprint density at radius 3 is 2.53 bits per heavy atom. The topological polar surface area (TPSA) is 72.6 Å². The quantitative estimate of drug-likeness (QED) is 0.706. The first-order valence-electron chi connectivity index (χ1n) is 5.76. The third-order valence-corrected chi connectivity index (χ3v) is 4.49. The summed E-state index contributed by atoms with van der Waals surface area (Å²) in [5.41, 5.74) is 5.20. The number of carbonyl (C=O) groups is 1. The molecule has 0 radical (unpaired) electrons. The highest BCUT2D eigenvalue weighted by Gasteiger charge is 2.60. The van der Waals surface area contributed by atoms with Gasteiger partial charge in [0.15, 0.2) is 0 Å². The zero-order valence-corrected chi connectivity index (χ0v) is 8.69. The first-order chi connectivity index (χ1) is 7.12. The van der Waals surface area contributed by atoms with Crippen molar-refractivity contribution < 1.29 is 14.6 Å². The zero-order chi connectivity index (χ0) is 10.6. The molecule has 2 heterocycles. The van der Waals surface area contributed by atoms with E-state index in [-0.39, 0.29) is 18.1 Å². The fourth-order valence-corrected chi connectivity index (χ4v) is 3.73. The second kappa shape index (κ2) is 2.95. The molecule has 2 aliphatic heterocycles. The summed E-state index contributed by atoms with van der Waals surface area (Å²) < 4.78 is 5.75. The minimum atomic E-state index is -0.662. The van der Waals surface area contributed by atoms with Gasteiger partial charge in [0.2, 0.25) is 0 Å². The van der Waals surface area contributed by atoms with Crippen molar-refractivity contribution in [3.05, 3.63) is 0 Å². The number of carboxylic acid groups (broad SMARTS) is 1. The Morgan fingerprint density at radius 2 is 2.13 bits per heavy atom. The predicted octanol–water partition coefficient (Wildman–Crippen LogP) is 0.746. The number of aliphatic carboxylic acids is 1. The van der Waals surface area contributed by atoms with E-state index < -0.39 is 11.4 Å². The predicted molar refractivity (Wildman–Crippen MR) is 53.3 cm³/mol. The Balaban J connectivity index is 1.82. The number of ether oxygens (including phenoxy) is 1. The summed E-state index contributed by atoms with van der Waals surface area (Å²) in [6.07, 6.45) is 4.89. The van der Waals surface area contributed by atoms with E-state index in [9.17, 15) is 9.90 Å². The Hall–Kier alpha value is -0.610. The molecule has 3 aliphatic rings. The van der Waals surface area contributed by atoms with E-state index in [2.05, 4.69) is 0 Å². The van der Waals surface area contributed by atoms with Crippen LogP contribution < -0.4 is 5.73 Å². The summed E-state index contributed by atoms with van der Waals surface area (Å²) in [4.78, 5) is 11.4. The van der Waals surface area contributed by atoms with Crippen molar-refractivity contribution in [1.82, 2.24) is 0 Å². The summed E-state index contributed by atoms with van der Waals surface area (Å²) in [7, 11) is 0. The van der Waals surface area contributed by atoms with Crippen LogP contribution in [0.3, 0.4) is 0 Å². The van der Waals surface area contributed by atoms with Crippen LogP contribution in [-0.2, 0) is 9.53 Å². The maximum Gasteiger partial charge on any atom is 0.310 e. The third-order valence-electron chi connectivity index (χ3n) is 4.49. The van der Waals surface area contributed by atoms with Gasteiger partial charge in [0.1, 0.15) is 0 Å². The van der Waals surface area contributed by atoms with Gasteiger partial charge in [-0.2, -0.15) is 0 Å². The SMILES string of the molecule is NC1CC(C(=O)O)(C2CC3CCC2O3)C1. The molecule has 15 heavy (non-hydrogen) atoms. The minimum absolute atomic E-state index is 0.0835. The Bertz CT molecular complexity index is 298. The number of fused-ring (bicyclic) bond motifs is 2. The average molecular weight is 211 g/mol. The Morgan fingerprint density at radius 1 is 1.40 bits per heavy atom. The lowest BCUT2D eigenvalue weighted by Crippen LogP contribution is -2.57. The first kappa shape index (κ1) is 9.60. The highest BCUT2D eigenvalue weighted by Crippen LogP contribution is 2.56. The molecule has 0 amide bonds. The van der Waals surface area contributed by atoms with Crippen molar-refractivity contribution in [2.24, 2.45) is 17.1 Å². The summed E-state index contributed by atoms with van der Waals surface area (Å²) in [6, 6.07) is 0.0835. The monoisotopic (exact) mass is 211 g/mol. The molecule has 2 bridgehead atoms. The van der Waals surface area contributed by atoms with Gasteiger partial charge in [-0.3, -0.25) is 4.79 Å². The van der Waals surface area contributed by atoms with E-state index in [4.69, 9.17) is 10.5 Å². The lowest BCUT2D eigenvalue weighted by atomic mass is 9.55. The smallest absolute Gasteiger partial charge is 0.310 e. The van der Waals surface area contributed by atoms with Crippen molar-refractivity contribution in [2.75, 3.05) is 0 Å². The third kappa shape index (κ3) is 1.18. The zero-order valence-electron chi connectivity index (χ0n) is 8.69. The normalized spacial score (nSPS) is 52.9. The molecule has 4 heteroatoms. The molecule has 0 aromatic carbocycles. The van der Waals surface area contributed by atoms with Gasteiger partial charge in [-0.25, -0.2) is 0 Å². The second-order valence-electron chi connectivity index (χ2n) is 5.35. The molecule has 3 N–H and O–H groups in total. The summed E-state index contributed by atoms with van der Waals surface area (Å²) in [5, 5.41) is 9.38. The van der Waals surface area contributed by atoms with Crippen LogP contribution in [0, 0.1) is 11.3 Å². The number of hydrogen-bond acceptors (Lipinski definition) is 3. The maximum atomic E-state index is 11.4. The molecular weight excluding hydrogens is 194 g/mol. The van der Waals surface area contributed by atoms with Crippen molar-refractivity contribution in [2.45, 2.75) is 50.4 Å². The molecule has 0 aromatic rings. The van der Waals surface area contributed by atoms with Gasteiger partial charge in [0, 0.05) is 12.0 Å². The second-order valence-corrected chi connectivity index (χ2v) is 5.35. The highest BCUT2D eigenvalue weighted by atomic mass is 16.5. The molecule has 84 valence electrons. The fraction of sp³-hybridized carbons (Fsp3) is 0.909. The van der Waals surface area contributed by atoms with Crippen LogP contribution >= 0.6 is 0 Å². The standard InChI is InChI=1S/C11H17NO3/c12-6-4-11(5-6,10(13)14)8-3-7-1-2-9(8)15-7/h6-9H,1-5,12H2,(H,13,14). The van der Waals surface area contributed by atoms with Crippen molar-refractivity contribution >= 4 is 5.97 Å². The molecule has 3 atom stereocenters. The van der Waals surface area contributed by atoms with Crippen LogP contribution in [-0.4, -0.2) is 29.3 Å². The molecule has 3 unspecified atom stereocenters. The van der Waals surface area contributed by atoms with E-state index in [1.165, 1.54) is 0 Å². The molecule has 3 rings (SSSR count). The van der Waals surface area contributed by atoms with Gasteiger partial charge in [-0.05, 0) is 32.1 Å². The van der Waals surface area contributed by atoms with Crippen molar-refractivity contribution in [1.29, 1.82) is 0 Å². The van der Waals surface area contributed by atoms with E-state index in [1.54, 1.807) is 0 Å². The van der Waals surface area contributed by atoms with E-state index in [1.807, 2.05) is 0 Å². The Kier molecular flexibility index (Phi) is 1.89. The van der Waals surface area contributed by atoms with Crippen LogP contribution in [0.15, 0.2) is 0 Å².